The van der Waals surface area contributed by atoms with Crippen LogP contribution in [0.3, 0.4) is 0 Å². The van der Waals surface area contributed by atoms with E-state index in [0.717, 1.165) is 70.1 Å². The highest BCUT2D eigenvalue weighted by Gasteiger charge is 2.22. The second-order valence-electron chi connectivity index (χ2n) is 13.9. The second kappa shape index (κ2) is 27.0. The number of carbonyl (C=O) groups is 2. The predicted molar refractivity (Wildman–Crippen MR) is 190 cm³/mol. The molecule has 0 aliphatic carbocycles. The van der Waals surface area contributed by atoms with Gasteiger partial charge in [-0.25, -0.2) is 0 Å². The van der Waals surface area contributed by atoms with Gasteiger partial charge >= 0.3 is 0 Å². The minimum Gasteiger partial charge on any atom is -0.362 e. The van der Waals surface area contributed by atoms with Gasteiger partial charge in [0.25, 0.3) is 0 Å². The monoisotopic (exact) mass is 706 g/mol. The minimum absolute atomic E-state index is 0.000111. The number of unbranched alkanes of at least 4 members (excludes halogenated alkanes) is 6. The molecule has 0 radical (unpaired) electrons. The summed E-state index contributed by atoms with van der Waals surface area (Å²) in [4.78, 5) is 30.5. The first kappa shape index (κ1) is 41.6. The Bertz CT molecular complexity index is 658. The number of hydrogen-bond donors (Lipinski definition) is 0. The van der Waals surface area contributed by atoms with E-state index in [2.05, 4.69) is 78.0 Å². The van der Waals surface area contributed by atoms with E-state index in [0.29, 0.717) is 15.8 Å². The van der Waals surface area contributed by atoms with Gasteiger partial charge in [-0.05, 0) is 49.4 Å². The van der Waals surface area contributed by atoms with Crippen LogP contribution in [0, 0.1) is 23.7 Å². The van der Waals surface area contributed by atoms with E-state index in [1.165, 1.54) is 64.2 Å². The zero-order valence-electron chi connectivity index (χ0n) is 29.2. The van der Waals surface area contributed by atoms with Crippen molar-refractivity contribution < 1.29 is 14.3 Å². The van der Waals surface area contributed by atoms with Gasteiger partial charge in [-0.3, -0.25) is 9.59 Å². The van der Waals surface area contributed by atoms with Crippen LogP contribution in [0.2, 0.25) is 0 Å². The van der Waals surface area contributed by atoms with Gasteiger partial charge in [0.05, 0.1) is 0 Å². The van der Waals surface area contributed by atoms with Crippen molar-refractivity contribution in [3.05, 3.63) is 0 Å². The first-order chi connectivity index (χ1) is 20.0. The van der Waals surface area contributed by atoms with Gasteiger partial charge in [0.2, 0.25) is 11.8 Å². The van der Waals surface area contributed by atoms with Gasteiger partial charge in [0.15, 0.2) is 0 Å². The Balaban J connectivity index is 4.96. The Kier molecular flexibility index (Phi) is 26.7. The van der Waals surface area contributed by atoms with Gasteiger partial charge in [-0.15, -0.1) is 0 Å². The third-order valence-corrected chi connectivity index (χ3v) is 10.2. The normalized spacial score (nSPS) is 13.9. The quantitative estimate of drug-likeness (QED) is 0.0463. The van der Waals surface area contributed by atoms with Crippen LogP contribution in [-0.4, -0.2) is 64.9 Å². The van der Waals surface area contributed by atoms with Gasteiger partial charge < -0.3 is 14.5 Å². The number of halogens is 1. The molecular weight excluding hydrogens is 635 g/mol. The molecule has 0 spiro atoms. The van der Waals surface area contributed by atoms with E-state index in [4.69, 9.17) is 4.74 Å². The molecule has 0 aliphatic heterocycles. The summed E-state index contributed by atoms with van der Waals surface area (Å²) in [6.45, 7) is 21.4. The number of ether oxygens (including phenoxy) is 1. The lowest BCUT2D eigenvalue weighted by Crippen LogP contribution is -2.41. The fourth-order valence-corrected chi connectivity index (χ4v) is 6.20. The van der Waals surface area contributed by atoms with Crippen LogP contribution in [-0.2, 0) is 14.3 Å². The number of hydrogen-bond acceptors (Lipinski definition) is 3. The molecule has 250 valence electrons. The van der Waals surface area contributed by atoms with Gasteiger partial charge in [0.1, 0.15) is 13.2 Å². The fraction of sp³-hybridized carbons (Fsp3) is 0.944. The fourth-order valence-electron chi connectivity index (χ4n) is 5.36. The maximum Gasteiger partial charge on any atom is 0.248 e. The van der Waals surface area contributed by atoms with Crippen molar-refractivity contribution in [3.63, 3.8) is 0 Å². The molecular formula is C36H71IN2O3. The third kappa shape index (κ3) is 23.1. The zero-order valence-corrected chi connectivity index (χ0v) is 31.4. The third-order valence-electron chi connectivity index (χ3n) is 8.54. The Morgan fingerprint density at radius 2 is 1.10 bits per heavy atom. The summed E-state index contributed by atoms with van der Waals surface area (Å²) in [6, 6.07) is 0. The van der Waals surface area contributed by atoms with E-state index < -0.39 is 0 Å². The summed E-state index contributed by atoms with van der Waals surface area (Å²) in [6.07, 6.45) is 17.7. The molecule has 0 saturated carbocycles. The Morgan fingerprint density at radius 3 is 1.62 bits per heavy atom. The van der Waals surface area contributed by atoms with Crippen molar-refractivity contribution in [2.45, 2.75) is 156 Å². The van der Waals surface area contributed by atoms with E-state index in [9.17, 15) is 9.59 Å². The molecule has 0 saturated heterocycles. The van der Waals surface area contributed by atoms with Crippen LogP contribution >= 0.6 is 22.6 Å². The zero-order chi connectivity index (χ0) is 31.8. The van der Waals surface area contributed by atoms with Crippen molar-refractivity contribution in [2.75, 3.05) is 39.4 Å². The molecule has 3 unspecified atom stereocenters. The SMILES string of the molecule is CCCCCCN(CCC(C)CCCC(C)C)C(=O)COCC(=O)N(CCCCCC)CC(I)C(C)CCCC(C)C. The summed E-state index contributed by atoms with van der Waals surface area (Å²) in [5, 5.41) is 0. The lowest BCUT2D eigenvalue weighted by molar-refractivity contribution is -0.142. The molecule has 42 heavy (non-hydrogen) atoms. The molecule has 0 bridgehead atoms. The molecule has 0 aromatic heterocycles. The second-order valence-corrected chi connectivity index (χ2v) is 15.5. The van der Waals surface area contributed by atoms with E-state index in [-0.39, 0.29) is 25.0 Å². The van der Waals surface area contributed by atoms with Crippen LogP contribution in [0.1, 0.15) is 152 Å². The Hall–Kier alpha value is -0.370. The first-order valence-electron chi connectivity index (χ1n) is 17.8. The maximum atomic E-state index is 13.3. The summed E-state index contributed by atoms with van der Waals surface area (Å²) in [7, 11) is 0. The summed E-state index contributed by atoms with van der Waals surface area (Å²) >= 11 is 2.55. The van der Waals surface area contributed by atoms with E-state index in [1.807, 2.05) is 9.80 Å². The Labute approximate surface area is 276 Å². The first-order valence-corrected chi connectivity index (χ1v) is 19.0. The predicted octanol–water partition coefficient (Wildman–Crippen LogP) is 9.94. The number of rotatable bonds is 28. The highest BCUT2D eigenvalue weighted by Crippen LogP contribution is 2.22. The molecule has 5 nitrogen and oxygen atoms in total. The molecule has 6 heteroatoms. The van der Waals surface area contributed by atoms with E-state index in [1.54, 1.807) is 0 Å². The van der Waals surface area contributed by atoms with Gasteiger partial charge in [0, 0.05) is 30.1 Å². The number of nitrogens with zero attached hydrogens (tertiary/aromatic N) is 2. The largest absolute Gasteiger partial charge is 0.362 e. The molecule has 0 aromatic rings. The number of alkyl halides is 1. The highest BCUT2D eigenvalue weighted by atomic mass is 127. The standard InChI is InChI=1S/C36H71IN2O3/c1-9-11-13-15-24-38(26-23-32(7)21-17-19-30(3)4)35(40)28-42-29-36(41)39(25-16-14-12-10-2)27-34(37)33(8)22-18-20-31(5)6/h30-34H,9-29H2,1-8H3. The number of carbonyl (C=O) groups excluding carboxylic acids is 2. The van der Waals surface area contributed by atoms with E-state index >= 15 is 0 Å². The molecule has 2 amide bonds. The molecule has 0 aliphatic rings. The van der Waals surface area contributed by atoms with Gasteiger partial charge in [-0.1, -0.05) is 149 Å². The summed E-state index contributed by atoms with van der Waals surface area (Å²) in [5.74, 6) is 2.75. The lowest BCUT2D eigenvalue weighted by atomic mass is 9.97. The summed E-state index contributed by atoms with van der Waals surface area (Å²) in [5.41, 5.74) is 0. The van der Waals surface area contributed by atoms with Crippen LogP contribution in [0.15, 0.2) is 0 Å². The Morgan fingerprint density at radius 1 is 0.595 bits per heavy atom. The molecule has 0 heterocycles. The average molecular weight is 707 g/mol. The molecule has 0 fully saturated rings. The lowest BCUT2D eigenvalue weighted by Gasteiger charge is -2.29. The van der Waals surface area contributed by atoms with Crippen molar-refractivity contribution in [1.82, 2.24) is 9.80 Å². The smallest absolute Gasteiger partial charge is 0.248 e. The molecule has 0 rings (SSSR count). The number of amides is 2. The summed E-state index contributed by atoms with van der Waals surface area (Å²) < 4.78 is 6.24. The molecule has 3 atom stereocenters. The van der Waals surface area contributed by atoms with Crippen LogP contribution in [0.4, 0.5) is 0 Å². The maximum absolute atomic E-state index is 13.3. The van der Waals surface area contributed by atoms with Crippen LogP contribution < -0.4 is 0 Å². The van der Waals surface area contributed by atoms with Crippen LogP contribution in [0.5, 0.6) is 0 Å². The van der Waals surface area contributed by atoms with Crippen molar-refractivity contribution in [1.29, 1.82) is 0 Å². The van der Waals surface area contributed by atoms with Crippen molar-refractivity contribution >= 4 is 34.4 Å². The average Bonchev–Trinajstić information content (AvgIpc) is 2.93. The van der Waals surface area contributed by atoms with Crippen LogP contribution in [0.25, 0.3) is 0 Å². The van der Waals surface area contributed by atoms with Crippen molar-refractivity contribution in [2.24, 2.45) is 23.7 Å². The molecule has 0 N–H and O–H groups in total. The minimum atomic E-state index is -0.000111. The topological polar surface area (TPSA) is 49.9 Å². The highest BCUT2D eigenvalue weighted by molar-refractivity contribution is 14.1. The van der Waals surface area contributed by atoms with Gasteiger partial charge in [-0.2, -0.15) is 0 Å². The molecule has 0 aromatic carbocycles. The van der Waals surface area contributed by atoms with Crippen molar-refractivity contribution in [3.8, 4) is 0 Å².